The van der Waals surface area contributed by atoms with Gasteiger partial charge in [-0.15, -0.1) is 0 Å². The molecule has 1 unspecified atom stereocenters. The smallest absolute Gasteiger partial charge is 0.129 e. The zero-order chi connectivity index (χ0) is 14.8. The Morgan fingerprint density at radius 2 is 1.52 bits per heavy atom. The summed E-state index contributed by atoms with van der Waals surface area (Å²) in [5.41, 5.74) is 0. The molecule has 120 valence electrons. The van der Waals surface area contributed by atoms with E-state index < -0.39 is 0 Å². The maximum atomic E-state index is 11.0. The van der Waals surface area contributed by atoms with Crippen LogP contribution in [0, 0.1) is 35.5 Å². The van der Waals surface area contributed by atoms with Crippen molar-refractivity contribution in [1.29, 1.82) is 0 Å². The lowest BCUT2D eigenvalue weighted by atomic mass is 9.69. The molecule has 0 aromatic rings. The Hall–Kier alpha value is -0.330. The van der Waals surface area contributed by atoms with Gasteiger partial charge in [0.15, 0.2) is 0 Å². The van der Waals surface area contributed by atoms with Gasteiger partial charge in [0.2, 0.25) is 0 Å². The largest absolute Gasteiger partial charge is 0.300 e. The lowest BCUT2D eigenvalue weighted by Crippen LogP contribution is -2.28. The summed E-state index contributed by atoms with van der Waals surface area (Å²) in [5.74, 6) is 6.58. The minimum absolute atomic E-state index is 0.369. The predicted molar refractivity (Wildman–Crippen MR) is 88.1 cm³/mol. The highest BCUT2D eigenvalue weighted by Gasteiger charge is 2.45. The minimum Gasteiger partial charge on any atom is -0.300 e. The number of rotatable bonds is 6. The fourth-order valence-corrected chi connectivity index (χ4v) is 6.11. The van der Waals surface area contributed by atoms with Gasteiger partial charge in [-0.25, -0.2) is 0 Å². The molecule has 0 spiro atoms. The van der Waals surface area contributed by atoms with Gasteiger partial charge in [0.1, 0.15) is 5.78 Å². The first-order chi connectivity index (χ1) is 10.1. The lowest BCUT2D eigenvalue weighted by Gasteiger charge is -2.36. The number of fused-ring (bicyclic) bond motifs is 2. The van der Waals surface area contributed by atoms with Crippen LogP contribution in [0.3, 0.4) is 0 Å². The van der Waals surface area contributed by atoms with Crippen LogP contribution < -0.4 is 0 Å². The maximum absolute atomic E-state index is 11.0. The molecule has 0 aromatic heterocycles. The Labute approximate surface area is 131 Å². The zero-order valence-electron chi connectivity index (χ0n) is 14.2. The van der Waals surface area contributed by atoms with Crippen LogP contribution in [0.4, 0.5) is 0 Å². The van der Waals surface area contributed by atoms with Crippen molar-refractivity contribution in [2.24, 2.45) is 35.5 Å². The summed E-state index contributed by atoms with van der Waals surface area (Å²) in [6.45, 7) is 4.32. The Morgan fingerprint density at radius 1 is 0.952 bits per heavy atom. The third kappa shape index (κ3) is 3.54. The maximum Gasteiger partial charge on any atom is 0.129 e. The highest BCUT2D eigenvalue weighted by atomic mass is 16.1. The molecule has 3 saturated carbocycles. The summed E-state index contributed by atoms with van der Waals surface area (Å²) < 4.78 is 0. The fraction of sp³-hybridized carbons (Fsp3) is 0.950. The second kappa shape index (κ2) is 6.84. The van der Waals surface area contributed by atoms with Gasteiger partial charge in [-0.05, 0) is 87.4 Å². The Bertz CT molecular complexity index is 333. The molecule has 3 rings (SSSR count). The number of ketones is 1. The SMILES string of the molecule is CC(=O)CCCC1CCC(C(C)C2C3CCC2CC3)CC1. The molecule has 0 aromatic carbocycles. The van der Waals surface area contributed by atoms with Crippen LogP contribution in [0.5, 0.6) is 0 Å². The van der Waals surface area contributed by atoms with Crippen LogP contribution >= 0.6 is 0 Å². The first-order valence-corrected chi connectivity index (χ1v) is 9.64. The first-order valence-electron chi connectivity index (χ1n) is 9.64. The van der Waals surface area contributed by atoms with Gasteiger partial charge in [-0.1, -0.05) is 26.2 Å². The highest BCUT2D eigenvalue weighted by molar-refractivity contribution is 5.75. The van der Waals surface area contributed by atoms with E-state index in [0.717, 1.165) is 48.3 Å². The molecule has 3 aliphatic rings. The van der Waals surface area contributed by atoms with Gasteiger partial charge >= 0.3 is 0 Å². The lowest BCUT2D eigenvalue weighted by molar-refractivity contribution is -0.117. The minimum atomic E-state index is 0.369. The summed E-state index contributed by atoms with van der Waals surface area (Å²) in [6.07, 6.45) is 15.2. The summed E-state index contributed by atoms with van der Waals surface area (Å²) in [7, 11) is 0. The topological polar surface area (TPSA) is 17.1 Å². The molecule has 3 aliphatic carbocycles. The van der Waals surface area contributed by atoms with Crippen LogP contribution in [-0.4, -0.2) is 5.78 Å². The molecule has 1 nitrogen and oxygen atoms in total. The van der Waals surface area contributed by atoms with Gasteiger partial charge in [0.05, 0.1) is 0 Å². The van der Waals surface area contributed by atoms with Crippen molar-refractivity contribution in [3.8, 4) is 0 Å². The van der Waals surface area contributed by atoms with Crippen molar-refractivity contribution in [3.05, 3.63) is 0 Å². The third-order valence-electron chi connectivity index (χ3n) is 7.29. The van der Waals surface area contributed by atoms with Crippen molar-refractivity contribution in [1.82, 2.24) is 0 Å². The second-order valence-corrected chi connectivity index (χ2v) is 8.49. The van der Waals surface area contributed by atoms with Crippen molar-refractivity contribution in [3.63, 3.8) is 0 Å². The predicted octanol–water partition coefficient (Wildman–Crippen LogP) is 5.62. The van der Waals surface area contributed by atoms with Gasteiger partial charge in [-0.3, -0.25) is 0 Å². The monoisotopic (exact) mass is 290 g/mol. The number of Topliss-reactive ketones (excluding diaryl/α,β-unsaturated/α-hetero) is 1. The molecule has 3 fully saturated rings. The molecular weight excluding hydrogens is 256 g/mol. The van der Waals surface area contributed by atoms with E-state index in [2.05, 4.69) is 6.92 Å². The third-order valence-corrected chi connectivity index (χ3v) is 7.29. The van der Waals surface area contributed by atoms with E-state index in [0.29, 0.717) is 5.78 Å². The standard InChI is InChI=1S/C20H34O/c1-14(21)4-3-5-16-6-8-17(9-7-16)15(2)20-18-10-11-19(20)13-12-18/h15-20H,3-13H2,1-2H3. The summed E-state index contributed by atoms with van der Waals surface area (Å²) >= 11 is 0. The van der Waals surface area contributed by atoms with Gasteiger partial charge in [0.25, 0.3) is 0 Å². The van der Waals surface area contributed by atoms with E-state index in [9.17, 15) is 4.79 Å². The molecule has 0 saturated heterocycles. The van der Waals surface area contributed by atoms with E-state index in [1.54, 1.807) is 32.6 Å². The molecule has 21 heavy (non-hydrogen) atoms. The van der Waals surface area contributed by atoms with E-state index in [1.807, 2.05) is 0 Å². The van der Waals surface area contributed by atoms with Crippen molar-refractivity contribution < 1.29 is 4.79 Å². The van der Waals surface area contributed by atoms with E-state index in [1.165, 1.54) is 32.1 Å². The number of carbonyl (C=O) groups is 1. The van der Waals surface area contributed by atoms with E-state index in [-0.39, 0.29) is 0 Å². The Kier molecular flexibility index (Phi) is 5.07. The molecule has 0 N–H and O–H groups in total. The van der Waals surface area contributed by atoms with Crippen LogP contribution in [-0.2, 0) is 4.79 Å². The first kappa shape index (κ1) is 15.6. The van der Waals surface area contributed by atoms with Crippen molar-refractivity contribution in [2.75, 3.05) is 0 Å². The molecule has 1 atom stereocenters. The highest BCUT2D eigenvalue weighted by Crippen LogP contribution is 2.55. The summed E-state index contributed by atoms with van der Waals surface area (Å²) in [4.78, 5) is 11.0. The number of hydrogen-bond acceptors (Lipinski definition) is 1. The molecule has 2 bridgehead atoms. The van der Waals surface area contributed by atoms with Crippen molar-refractivity contribution in [2.45, 2.75) is 84.5 Å². The van der Waals surface area contributed by atoms with Crippen molar-refractivity contribution >= 4 is 5.78 Å². The van der Waals surface area contributed by atoms with E-state index >= 15 is 0 Å². The number of carbonyl (C=O) groups excluding carboxylic acids is 1. The summed E-state index contributed by atoms with van der Waals surface area (Å²) in [6, 6.07) is 0. The summed E-state index contributed by atoms with van der Waals surface area (Å²) in [5, 5.41) is 0. The van der Waals surface area contributed by atoms with Crippen LogP contribution in [0.1, 0.15) is 84.5 Å². The van der Waals surface area contributed by atoms with Crippen LogP contribution in [0.25, 0.3) is 0 Å². The molecule has 0 amide bonds. The Morgan fingerprint density at radius 3 is 2.05 bits per heavy atom. The number of hydrogen-bond donors (Lipinski definition) is 0. The second-order valence-electron chi connectivity index (χ2n) is 8.49. The average molecular weight is 290 g/mol. The van der Waals surface area contributed by atoms with Gasteiger partial charge in [0, 0.05) is 6.42 Å². The Balaban J connectivity index is 1.42. The van der Waals surface area contributed by atoms with E-state index in [4.69, 9.17) is 0 Å². The molecule has 0 aliphatic heterocycles. The van der Waals surface area contributed by atoms with Crippen LogP contribution in [0.2, 0.25) is 0 Å². The molecule has 0 heterocycles. The molecule has 1 heteroatoms. The quantitative estimate of drug-likeness (QED) is 0.620. The van der Waals surface area contributed by atoms with Crippen LogP contribution in [0.15, 0.2) is 0 Å². The normalized spacial score (nSPS) is 40.4. The van der Waals surface area contributed by atoms with Gasteiger partial charge in [-0.2, -0.15) is 0 Å². The van der Waals surface area contributed by atoms with Gasteiger partial charge < -0.3 is 4.79 Å². The fourth-order valence-electron chi connectivity index (χ4n) is 6.11. The molecular formula is C20H34O. The molecule has 0 radical (unpaired) electrons. The average Bonchev–Trinajstić information content (AvgIpc) is 3.07. The zero-order valence-corrected chi connectivity index (χ0v) is 14.2.